The van der Waals surface area contributed by atoms with Gasteiger partial charge in [-0.1, -0.05) is 18.2 Å². The SMILES string of the molecule is COC(=O)[C@@H](Cc1c[nH]c2ccccc12)NC(=O)[C@@H]1CC(=O)N(C2CC2)C1. The highest BCUT2D eigenvalue weighted by molar-refractivity contribution is 5.92. The van der Waals surface area contributed by atoms with Crippen molar-refractivity contribution < 1.29 is 19.1 Å². The Hall–Kier alpha value is -2.83. The average molecular weight is 369 g/mol. The zero-order valence-corrected chi connectivity index (χ0v) is 15.2. The van der Waals surface area contributed by atoms with Gasteiger partial charge in [0.25, 0.3) is 0 Å². The Bertz CT molecular complexity index is 886. The number of fused-ring (bicyclic) bond motifs is 1. The maximum absolute atomic E-state index is 12.7. The number of methoxy groups -OCH3 is 1. The van der Waals surface area contributed by atoms with Gasteiger partial charge in [-0.05, 0) is 24.5 Å². The molecule has 1 aliphatic carbocycles. The molecule has 142 valence electrons. The fourth-order valence-corrected chi connectivity index (χ4v) is 3.79. The van der Waals surface area contributed by atoms with Crippen molar-refractivity contribution in [3.05, 3.63) is 36.0 Å². The van der Waals surface area contributed by atoms with E-state index in [0.717, 1.165) is 29.3 Å². The molecule has 2 amide bonds. The van der Waals surface area contributed by atoms with E-state index in [-0.39, 0.29) is 18.2 Å². The molecule has 2 fully saturated rings. The molecule has 1 saturated carbocycles. The molecule has 0 bridgehead atoms. The normalized spacial score (nSPS) is 20.7. The van der Waals surface area contributed by atoms with Crippen LogP contribution >= 0.6 is 0 Å². The molecule has 7 heteroatoms. The van der Waals surface area contributed by atoms with Gasteiger partial charge in [0.05, 0.1) is 13.0 Å². The number of aromatic amines is 1. The number of carbonyl (C=O) groups is 3. The number of amides is 2. The van der Waals surface area contributed by atoms with Crippen LogP contribution in [0.4, 0.5) is 0 Å². The van der Waals surface area contributed by atoms with E-state index in [1.54, 1.807) is 4.90 Å². The fourth-order valence-electron chi connectivity index (χ4n) is 3.79. The summed E-state index contributed by atoms with van der Waals surface area (Å²) in [5.74, 6) is -1.13. The minimum absolute atomic E-state index is 0.0314. The predicted octanol–water partition coefficient (Wildman–Crippen LogP) is 1.38. The van der Waals surface area contributed by atoms with Crippen molar-refractivity contribution in [3.8, 4) is 0 Å². The highest BCUT2D eigenvalue weighted by atomic mass is 16.5. The number of hydrogen-bond donors (Lipinski definition) is 2. The first-order valence-electron chi connectivity index (χ1n) is 9.29. The second-order valence-electron chi connectivity index (χ2n) is 7.33. The van der Waals surface area contributed by atoms with Crippen molar-refractivity contribution in [2.45, 2.75) is 37.8 Å². The molecule has 2 aromatic rings. The maximum Gasteiger partial charge on any atom is 0.328 e. The van der Waals surface area contributed by atoms with Gasteiger partial charge in [0.2, 0.25) is 11.8 Å². The summed E-state index contributed by atoms with van der Waals surface area (Å²) in [4.78, 5) is 42.0. The van der Waals surface area contributed by atoms with Gasteiger partial charge < -0.3 is 19.9 Å². The largest absolute Gasteiger partial charge is 0.467 e. The van der Waals surface area contributed by atoms with Crippen molar-refractivity contribution in [1.29, 1.82) is 0 Å². The lowest BCUT2D eigenvalue weighted by molar-refractivity contribution is -0.145. The Morgan fingerprint density at radius 3 is 2.85 bits per heavy atom. The molecule has 2 N–H and O–H groups in total. The van der Waals surface area contributed by atoms with E-state index < -0.39 is 17.9 Å². The number of likely N-dealkylation sites (tertiary alicyclic amines) is 1. The number of aromatic nitrogens is 1. The lowest BCUT2D eigenvalue weighted by atomic mass is 10.0. The highest BCUT2D eigenvalue weighted by Gasteiger charge is 2.42. The lowest BCUT2D eigenvalue weighted by Crippen LogP contribution is -2.46. The zero-order chi connectivity index (χ0) is 19.0. The van der Waals surface area contributed by atoms with Gasteiger partial charge in [-0.2, -0.15) is 0 Å². The number of hydrogen-bond acceptors (Lipinski definition) is 4. The third kappa shape index (κ3) is 3.54. The van der Waals surface area contributed by atoms with E-state index in [1.807, 2.05) is 30.5 Å². The number of carbonyl (C=O) groups excluding carboxylic acids is 3. The molecule has 1 aromatic carbocycles. The summed E-state index contributed by atoms with van der Waals surface area (Å²) in [6.07, 6.45) is 4.43. The van der Waals surface area contributed by atoms with Crippen molar-refractivity contribution in [3.63, 3.8) is 0 Å². The Labute approximate surface area is 157 Å². The first-order chi connectivity index (χ1) is 13.1. The minimum atomic E-state index is -0.785. The van der Waals surface area contributed by atoms with Gasteiger partial charge in [0.1, 0.15) is 6.04 Å². The van der Waals surface area contributed by atoms with E-state index in [1.165, 1.54) is 7.11 Å². The summed E-state index contributed by atoms with van der Waals surface area (Å²) in [6.45, 7) is 0.441. The summed E-state index contributed by atoms with van der Waals surface area (Å²) in [5.41, 5.74) is 1.91. The van der Waals surface area contributed by atoms with E-state index in [4.69, 9.17) is 4.74 Å². The maximum atomic E-state index is 12.7. The zero-order valence-electron chi connectivity index (χ0n) is 15.2. The number of esters is 1. The first kappa shape index (κ1) is 17.6. The van der Waals surface area contributed by atoms with Crippen molar-refractivity contribution in [2.24, 2.45) is 5.92 Å². The third-order valence-electron chi connectivity index (χ3n) is 5.42. The number of H-pyrrole nitrogens is 1. The van der Waals surface area contributed by atoms with Gasteiger partial charge in [-0.25, -0.2) is 4.79 Å². The highest BCUT2D eigenvalue weighted by Crippen LogP contribution is 2.32. The average Bonchev–Trinajstić information content (AvgIpc) is 3.33. The molecule has 7 nitrogen and oxygen atoms in total. The monoisotopic (exact) mass is 369 g/mol. The van der Waals surface area contributed by atoms with Crippen LogP contribution in [0.1, 0.15) is 24.8 Å². The molecule has 1 aliphatic heterocycles. The van der Waals surface area contributed by atoms with E-state index in [2.05, 4.69) is 10.3 Å². The van der Waals surface area contributed by atoms with Gasteiger partial charge in [-0.15, -0.1) is 0 Å². The standard InChI is InChI=1S/C20H23N3O4/c1-27-20(26)17(8-12-10-21-16-5-3-2-4-15(12)16)22-19(25)13-9-18(24)23(11-13)14-6-7-14/h2-5,10,13-14,17,21H,6-9,11H2,1H3,(H,22,25)/t13-,17-/m1/s1. The number of nitrogens with zero attached hydrogens (tertiary/aromatic N) is 1. The van der Waals surface area contributed by atoms with Crippen LogP contribution in [0.25, 0.3) is 10.9 Å². The summed E-state index contributed by atoms with van der Waals surface area (Å²) in [6, 6.07) is 7.32. The van der Waals surface area contributed by atoms with Gasteiger partial charge in [-0.3, -0.25) is 9.59 Å². The predicted molar refractivity (Wildman–Crippen MR) is 98.8 cm³/mol. The molecule has 1 aromatic heterocycles. The second-order valence-corrected chi connectivity index (χ2v) is 7.33. The Morgan fingerprint density at radius 1 is 1.33 bits per heavy atom. The summed E-state index contributed by atoms with van der Waals surface area (Å²) in [5, 5.41) is 3.82. The molecule has 27 heavy (non-hydrogen) atoms. The number of ether oxygens (including phenoxy) is 1. The Kier molecular flexibility index (Phi) is 4.59. The van der Waals surface area contributed by atoms with Crippen LogP contribution in [0.15, 0.2) is 30.5 Å². The summed E-state index contributed by atoms with van der Waals surface area (Å²) in [7, 11) is 1.31. The molecule has 2 aliphatic rings. The molecule has 1 saturated heterocycles. The van der Waals surface area contributed by atoms with Crippen LogP contribution in [0.3, 0.4) is 0 Å². The van der Waals surface area contributed by atoms with E-state index in [9.17, 15) is 14.4 Å². The summed E-state index contributed by atoms with van der Waals surface area (Å²) < 4.78 is 4.89. The third-order valence-corrected chi connectivity index (χ3v) is 5.42. The molecule has 0 spiro atoms. The Balaban J connectivity index is 1.46. The van der Waals surface area contributed by atoms with E-state index in [0.29, 0.717) is 19.0 Å². The van der Waals surface area contributed by atoms with Crippen LogP contribution in [-0.2, 0) is 25.5 Å². The number of rotatable bonds is 6. The molecular weight excluding hydrogens is 346 g/mol. The molecule has 4 rings (SSSR count). The quantitative estimate of drug-likeness (QED) is 0.753. The van der Waals surface area contributed by atoms with Gasteiger partial charge >= 0.3 is 5.97 Å². The topological polar surface area (TPSA) is 91.5 Å². The lowest BCUT2D eigenvalue weighted by Gasteiger charge is -2.19. The molecule has 0 unspecified atom stereocenters. The summed E-state index contributed by atoms with van der Waals surface area (Å²) >= 11 is 0. The molecular formula is C20H23N3O4. The Morgan fingerprint density at radius 2 is 2.11 bits per heavy atom. The molecule has 2 atom stereocenters. The second kappa shape index (κ2) is 7.06. The van der Waals surface area contributed by atoms with Crippen LogP contribution in [0.2, 0.25) is 0 Å². The number of benzene rings is 1. The smallest absolute Gasteiger partial charge is 0.328 e. The first-order valence-corrected chi connectivity index (χ1v) is 9.29. The van der Waals surface area contributed by atoms with Gasteiger partial charge in [0, 0.05) is 42.5 Å². The van der Waals surface area contributed by atoms with Crippen molar-refractivity contribution >= 4 is 28.7 Å². The van der Waals surface area contributed by atoms with Crippen LogP contribution in [0.5, 0.6) is 0 Å². The number of nitrogens with one attached hydrogen (secondary N) is 2. The van der Waals surface area contributed by atoms with Crippen LogP contribution in [0, 0.1) is 5.92 Å². The molecule has 2 heterocycles. The van der Waals surface area contributed by atoms with Gasteiger partial charge in [0.15, 0.2) is 0 Å². The van der Waals surface area contributed by atoms with E-state index >= 15 is 0 Å². The fraction of sp³-hybridized carbons (Fsp3) is 0.450. The van der Waals surface area contributed by atoms with Crippen molar-refractivity contribution in [1.82, 2.24) is 15.2 Å². The van der Waals surface area contributed by atoms with Crippen molar-refractivity contribution in [2.75, 3.05) is 13.7 Å². The minimum Gasteiger partial charge on any atom is -0.467 e. The van der Waals surface area contributed by atoms with Crippen LogP contribution in [-0.4, -0.2) is 53.4 Å². The number of para-hydroxylation sites is 1. The molecule has 0 radical (unpaired) electrons. The van der Waals surface area contributed by atoms with Crippen LogP contribution < -0.4 is 5.32 Å².